The first kappa shape index (κ1) is 17.9. The Bertz CT molecular complexity index is 901. The van der Waals surface area contributed by atoms with E-state index in [0.29, 0.717) is 12.8 Å². The number of hydrogen-bond acceptors (Lipinski definition) is 2. The molecule has 2 aromatic rings. The Morgan fingerprint density at radius 2 is 1.96 bits per heavy atom. The average Bonchev–Trinajstić information content (AvgIpc) is 3.29. The minimum Gasteiger partial charge on any atom is -0.348 e. The van der Waals surface area contributed by atoms with E-state index in [1.165, 1.54) is 13.2 Å². The Balaban J connectivity index is 1.63. The van der Waals surface area contributed by atoms with Crippen LogP contribution in [0.15, 0.2) is 18.3 Å². The molecule has 1 amide bonds. The molecule has 5 rings (SSSR count). The molecule has 3 fully saturated rings. The maximum absolute atomic E-state index is 13.7. The highest BCUT2D eigenvalue weighted by atomic mass is 19.3. The van der Waals surface area contributed by atoms with Crippen molar-refractivity contribution in [2.45, 2.75) is 37.1 Å². The Hall–Kier alpha value is -2.45. The fourth-order valence-corrected chi connectivity index (χ4v) is 4.57. The lowest BCUT2D eigenvalue weighted by Crippen LogP contribution is -2.58. The van der Waals surface area contributed by atoms with Gasteiger partial charge in [0.25, 0.3) is 12.3 Å². The maximum atomic E-state index is 13.7. The number of rotatable bonds is 4. The van der Waals surface area contributed by atoms with Gasteiger partial charge in [-0.15, -0.1) is 0 Å². The molecule has 9 heteroatoms. The van der Waals surface area contributed by atoms with Crippen molar-refractivity contribution in [3.63, 3.8) is 0 Å². The third kappa shape index (κ3) is 2.62. The van der Waals surface area contributed by atoms with Crippen molar-refractivity contribution >= 4 is 5.91 Å². The second kappa shape index (κ2) is 6.03. The van der Waals surface area contributed by atoms with E-state index >= 15 is 0 Å². The second-order valence-electron chi connectivity index (χ2n) is 7.27. The summed E-state index contributed by atoms with van der Waals surface area (Å²) in [5.74, 6) is -4.74. The number of alkyl halides is 2. The van der Waals surface area contributed by atoms with E-state index in [-0.39, 0.29) is 17.0 Å². The molecule has 1 aromatic carbocycles. The van der Waals surface area contributed by atoms with Gasteiger partial charge in [-0.2, -0.15) is 5.10 Å². The summed E-state index contributed by atoms with van der Waals surface area (Å²) in [4.78, 5) is 12.6. The zero-order valence-electron chi connectivity index (χ0n) is 14.3. The molecule has 1 N–H and O–H groups in total. The molecule has 2 bridgehead atoms. The standard InChI is InChI=1S/C18H16F5N3O/c1-26-7-10(14(25-26)16(22)23)17(27)24-15-8-2-3-18(15,6-8)9-4-11(19)13(21)12(20)5-9/h4-5,7-8,15-16H,2-3,6H2,1H3,(H,24,27). The van der Waals surface area contributed by atoms with Crippen molar-refractivity contribution in [2.75, 3.05) is 0 Å². The van der Waals surface area contributed by atoms with Gasteiger partial charge in [-0.3, -0.25) is 9.48 Å². The first-order valence-corrected chi connectivity index (χ1v) is 8.50. The molecule has 3 saturated carbocycles. The van der Waals surface area contributed by atoms with Crippen molar-refractivity contribution < 1.29 is 26.7 Å². The number of nitrogens with zero attached hydrogens (tertiary/aromatic N) is 2. The first-order valence-electron chi connectivity index (χ1n) is 8.50. The molecule has 144 valence electrons. The molecule has 0 spiro atoms. The van der Waals surface area contributed by atoms with Gasteiger partial charge in [0.2, 0.25) is 0 Å². The van der Waals surface area contributed by atoms with Crippen molar-refractivity contribution in [1.29, 1.82) is 0 Å². The summed E-state index contributed by atoms with van der Waals surface area (Å²) >= 11 is 0. The number of amides is 1. The third-order valence-corrected chi connectivity index (χ3v) is 5.81. The second-order valence-corrected chi connectivity index (χ2v) is 7.27. The number of carbonyl (C=O) groups is 1. The lowest BCUT2D eigenvalue weighted by Gasteiger charge is -2.48. The number of nitrogens with one attached hydrogen (secondary N) is 1. The van der Waals surface area contributed by atoms with E-state index < -0.39 is 46.9 Å². The molecule has 3 atom stereocenters. The summed E-state index contributed by atoms with van der Waals surface area (Å²) in [7, 11) is 1.43. The van der Waals surface area contributed by atoms with Gasteiger partial charge in [0.15, 0.2) is 17.5 Å². The van der Waals surface area contributed by atoms with Crippen LogP contribution in [0.5, 0.6) is 0 Å². The summed E-state index contributed by atoms with van der Waals surface area (Å²) in [6, 6.07) is 1.45. The fraction of sp³-hybridized carbons (Fsp3) is 0.444. The molecule has 0 saturated heterocycles. The van der Waals surface area contributed by atoms with Gasteiger partial charge in [-0.25, -0.2) is 22.0 Å². The molecule has 1 aromatic heterocycles. The van der Waals surface area contributed by atoms with Crippen LogP contribution in [0.1, 0.15) is 47.3 Å². The molecule has 3 aliphatic carbocycles. The van der Waals surface area contributed by atoms with Gasteiger partial charge in [0, 0.05) is 24.7 Å². The highest BCUT2D eigenvalue weighted by Gasteiger charge is 2.60. The zero-order valence-corrected chi connectivity index (χ0v) is 14.3. The smallest absolute Gasteiger partial charge is 0.282 e. The van der Waals surface area contributed by atoms with Crippen LogP contribution >= 0.6 is 0 Å². The van der Waals surface area contributed by atoms with Crippen LogP contribution in [0.4, 0.5) is 22.0 Å². The van der Waals surface area contributed by atoms with Crippen molar-refractivity contribution in [3.05, 3.63) is 52.6 Å². The van der Waals surface area contributed by atoms with Crippen LogP contribution in [0.25, 0.3) is 0 Å². The van der Waals surface area contributed by atoms with Crippen LogP contribution < -0.4 is 5.32 Å². The average molecular weight is 385 g/mol. The predicted molar refractivity (Wildman–Crippen MR) is 84.8 cm³/mol. The Morgan fingerprint density at radius 1 is 1.30 bits per heavy atom. The summed E-state index contributed by atoms with van der Waals surface area (Å²) < 4.78 is 68.0. The van der Waals surface area contributed by atoms with Crippen LogP contribution in [0.2, 0.25) is 0 Å². The van der Waals surface area contributed by atoms with Crippen molar-refractivity contribution in [2.24, 2.45) is 13.0 Å². The molecule has 0 aliphatic heterocycles. The number of aromatic nitrogens is 2. The Labute approximate surface area is 151 Å². The van der Waals surface area contributed by atoms with Crippen LogP contribution in [0.3, 0.4) is 0 Å². The normalized spacial score (nSPS) is 26.3. The fourth-order valence-electron chi connectivity index (χ4n) is 4.57. The van der Waals surface area contributed by atoms with E-state index in [0.717, 1.165) is 23.2 Å². The van der Waals surface area contributed by atoms with Crippen LogP contribution in [0, 0.1) is 23.4 Å². The number of benzene rings is 1. The number of halogens is 5. The topological polar surface area (TPSA) is 46.9 Å². The van der Waals surface area contributed by atoms with Gasteiger partial charge in [0.1, 0.15) is 5.69 Å². The SMILES string of the molecule is Cn1cc(C(=O)NC2C3CCC2(c2cc(F)c(F)c(F)c2)C3)c(C(F)F)n1. The zero-order chi connectivity index (χ0) is 19.5. The largest absolute Gasteiger partial charge is 0.348 e. The van der Waals surface area contributed by atoms with Crippen molar-refractivity contribution in [3.8, 4) is 0 Å². The predicted octanol–water partition coefficient (Wildman–Crippen LogP) is 3.63. The number of hydrogen-bond donors (Lipinski definition) is 1. The van der Waals surface area contributed by atoms with Crippen LogP contribution in [-0.2, 0) is 12.5 Å². The van der Waals surface area contributed by atoms with Crippen LogP contribution in [-0.4, -0.2) is 21.7 Å². The van der Waals surface area contributed by atoms with Gasteiger partial charge >= 0.3 is 0 Å². The number of fused-ring (bicyclic) bond motifs is 1. The maximum Gasteiger partial charge on any atom is 0.282 e. The van der Waals surface area contributed by atoms with Gasteiger partial charge < -0.3 is 5.32 Å². The molecular formula is C18H16F5N3O. The summed E-state index contributed by atoms with van der Waals surface area (Å²) in [5, 5.41) is 6.34. The number of aryl methyl sites for hydroxylation is 1. The molecule has 3 unspecified atom stereocenters. The van der Waals surface area contributed by atoms with Gasteiger partial charge in [-0.05, 0) is 42.9 Å². The van der Waals surface area contributed by atoms with E-state index in [9.17, 15) is 26.7 Å². The highest BCUT2D eigenvalue weighted by Crippen LogP contribution is 2.60. The molecule has 4 nitrogen and oxygen atoms in total. The monoisotopic (exact) mass is 385 g/mol. The van der Waals surface area contributed by atoms with Gasteiger partial charge in [-0.1, -0.05) is 0 Å². The molecule has 27 heavy (non-hydrogen) atoms. The summed E-state index contributed by atoms with van der Waals surface area (Å²) in [5.41, 5.74) is -1.29. The summed E-state index contributed by atoms with van der Waals surface area (Å²) in [6.07, 6.45) is 0.194. The Morgan fingerprint density at radius 3 is 2.56 bits per heavy atom. The first-order chi connectivity index (χ1) is 12.7. The summed E-state index contributed by atoms with van der Waals surface area (Å²) in [6.45, 7) is 0. The third-order valence-electron chi connectivity index (χ3n) is 5.81. The molecular weight excluding hydrogens is 369 g/mol. The Kier molecular flexibility index (Phi) is 4.01. The van der Waals surface area contributed by atoms with E-state index in [1.807, 2.05) is 0 Å². The number of carbonyl (C=O) groups excluding carboxylic acids is 1. The lowest BCUT2D eigenvalue weighted by atomic mass is 9.61. The van der Waals surface area contributed by atoms with E-state index in [2.05, 4.69) is 10.4 Å². The van der Waals surface area contributed by atoms with Crippen molar-refractivity contribution in [1.82, 2.24) is 15.1 Å². The van der Waals surface area contributed by atoms with E-state index in [1.54, 1.807) is 0 Å². The molecule has 1 heterocycles. The quantitative estimate of drug-likeness (QED) is 0.646. The van der Waals surface area contributed by atoms with Gasteiger partial charge in [0.05, 0.1) is 5.56 Å². The minimum atomic E-state index is -2.90. The lowest BCUT2D eigenvalue weighted by molar-refractivity contribution is 0.0799. The van der Waals surface area contributed by atoms with E-state index in [4.69, 9.17) is 0 Å². The molecule has 0 radical (unpaired) electrons. The minimum absolute atomic E-state index is 0.0804. The molecule has 3 aliphatic rings. The highest BCUT2D eigenvalue weighted by molar-refractivity contribution is 5.95.